The number of carbonyl (C=O) groups excluding carboxylic acids is 4. The lowest BCUT2D eigenvalue weighted by molar-refractivity contribution is -0.432. The van der Waals surface area contributed by atoms with Crippen molar-refractivity contribution in [3.63, 3.8) is 0 Å². The van der Waals surface area contributed by atoms with Gasteiger partial charge in [-0.2, -0.15) is 13.5 Å². The number of aromatic hydroxyl groups is 1. The number of urea groups is 1. The molecular formula is C52H48N8O15S2. The van der Waals surface area contributed by atoms with Crippen molar-refractivity contribution in [3.8, 4) is 23.0 Å². The lowest BCUT2D eigenvalue weighted by Gasteiger charge is -2.26. The second-order valence-electron chi connectivity index (χ2n) is 17.7. The fourth-order valence-corrected chi connectivity index (χ4v) is 10.3. The molecule has 23 nitrogen and oxygen atoms in total. The van der Waals surface area contributed by atoms with Crippen molar-refractivity contribution < 1.29 is 66.1 Å². The Morgan fingerprint density at radius 2 is 1.60 bits per heavy atom. The van der Waals surface area contributed by atoms with Crippen LogP contribution >= 0.6 is 12.0 Å². The van der Waals surface area contributed by atoms with Crippen molar-refractivity contribution in [1.82, 2.24) is 19.8 Å². The van der Waals surface area contributed by atoms with E-state index >= 15 is 0 Å². The summed E-state index contributed by atoms with van der Waals surface area (Å²) in [5.74, 6) is -1.83. The number of carbonyl (C=O) groups is 4. The van der Waals surface area contributed by atoms with Crippen molar-refractivity contribution in [2.75, 3.05) is 30.9 Å². The molecule has 25 heteroatoms. The summed E-state index contributed by atoms with van der Waals surface area (Å²) in [5, 5.41) is 37.7. The molecule has 2 unspecified atom stereocenters. The maximum Gasteiger partial charge on any atom is 0.330 e. The summed E-state index contributed by atoms with van der Waals surface area (Å²) in [4.78, 5) is 77.5. The lowest BCUT2D eigenvalue weighted by Crippen LogP contribution is -2.44. The molecule has 77 heavy (non-hydrogen) atoms. The quantitative estimate of drug-likeness (QED) is 0.0110. The Hall–Kier alpha value is -8.30. The van der Waals surface area contributed by atoms with Crippen LogP contribution in [0.4, 0.5) is 27.5 Å². The van der Waals surface area contributed by atoms with Gasteiger partial charge in [-0.05, 0) is 103 Å². The van der Waals surface area contributed by atoms with E-state index in [9.17, 15) is 42.0 Å². The minimum absolute atomic E-state index is 0.00768. The van der Waals surface area contributed by atoms with E-state index < -0.39 is 62.3 Å². The van der Waals surface area contributed by atoms with E-state index in [2.05, 4.69) is 40.2 Å². The molecule has 1 aliphatic heterocycles. The van der Waals surface area contributed by atoms with E-state index in [0.29, 0.717) is 34.4 Å². The second-order valence-corrected chi connectivity index (χ2v) is 19.8. The minimum atomic E-state index is -4.77. The van der Waals surface area contributed by atoms with Crippen LogP contribution in [0.25, 0.3) is 21.7 Å². The van der Waals surface area contributed by atoms with Crippen molar-refractivity contribution in [1.29, 1.82) is 0 Å². The SMILES string of the molecule is COC1C(=O)N(C(C(=O)Nc2ccccc2Oc2ccccc2C2CCCCC2)c2nc3ccccc3c(=O)[nH]2)C(=O)N1CCOc1ccc(N=Nc2c(SOOO)cc3cc(S(=O)(=O)O)cc(NC(C)=O)c3c2O)cc1. The molecule has 2 atom stereocenters. The Morgan fingerprint density at radius 3 is 2.32 bits per heavy atom. The fraction of sp³-hybridized carbons (Fsp3) is 0.231. The van der Waals surface area contributed by atoms with Crippen LogP contribution in [-0.4, -0.2) is 93.3 Å². The zero-order chi connectivity index (χ0) is 54.4. The zero-order valence-electron chi connectivity index (χ0n) is 40.9. The van der Waals surface area contributed by atoms with Gasteiger partial charge in [-0.1, -0.05) is 66.8 Å². The molecule has 1 saturated heterocycles. The molecule has 0 bridgehead atoms. The first kappa shape index (κ1) is 53.5. The summed E-state index contributed by atoms with van der Waals surface area (Å²) in [6, 6.07) is 27.4. The summed E-state index contributed by atoms with van der Waals surface area (Å²) in [7, 11) is -3.55. The van der Waals surface area contributed by atoms with Gasteiger partial charge < -0.3 is 34.9 Å². The van der Waals surface area contributed by atoms with Gasteiger partial charge in [-0.15, -0.1) is 9.45 Å². The number of imide groups is 1. The van der Waals surface area contributed by atoms with Gasteiger partial charge in [0.15, 0.2) is 17.5 Å². The summed E-state index contributed by atoms with van der Waals surface area (Å²) in [5.41, 5.74) is 0.646. The number of hydrogen-bond acceptors (Lipinski definition) is 18. The average molecular weight is 1090 g/mol. The standard InChI is InChI=1S/C52H48N8O15S2/c1-29(61)53-39-28-34(77(68,69)70)26-31-27-42(76-75-74-67)44(46(62)43(31)39)58-57-32-20-22-33(23-21-32)72-25-24-59-51(71-2)50(65)60(52(59)66)45(47-54-37-16-8-6-15-36(37)48(63)56-47)49(64)55-38-17-9-11-19-41(38)73-40-18-10-7-14-35(40)30-12-4-3-5-13-30/h6-11,14-23,26-28,30,45,51,62,67H,3-5,12-13,24-25H2,1-2H3,(H,53,61)(H,55,64)(H,54,56,63)(H,68,69,70). The molecule has 1 aliphatic carbocycles. The Bertz CT molecular complexity index is 3610. The second kappa shape index (κ2) is 23.3. The first-order valence-electron chi connectivity index (χ1n) is 23.8. The molecule has 5 amide bonds. The fourth-order valence-electron chi connectivity index (χ4n) is 9.25. The number of ether oxygens (including phenoxy) is 3. The Morgan fingerprint density at radius 1 is 0.883 bits per heavy atom. The third-order valence-corrected chi connectivity index (χ3v) is 14.2. The third kappa shape index (κ3) is 11.8. The number of anilines is 2. The van der Waals surface area contributed by atoms with Crippen molar-refractivity contribution in [2.24, 2.45) is 10.2 Å². The van der Waals surface area contributed by atoms with Gasteiger partial charge in [0.25, 0.3) is 27.5 Å². The molecule has 2 heterocycles. The van der Waals surface area contributed by atoms with Gasteiger partial charge in [0.2, 0.25) is 12.1 Å². The monoisotopic (exact) mass is 1090 g/mol. The highest BCUT2D eigenvalue weighted by Crippen LogP contribution is 2.47. The number of hydrogen-bond donors (Lipinski definition) is 6. The highest BCUT2D eigenvalue weighted by molar-refractivity contribution is 7.94. The smallest absolute Gasteiger partial charge is 0.330 e. The van der Waals surface area contributed by atoms with Crippen LogP contribution in [0.15, 0.2) is 140 Å². The largest absolute Gasteiger partial charge is 0.505 e. The van der Waals surface area contributed by atoms with Crippen LogP contribution in [0, 0.1) is 0 Å². The average Bonchev–Trinajstić information content (AvgIpc) is 3.65. The number of H-pyrrole nitrogens is 1. The van der Waals surface area contributed by atoms with E-state index in [-0.39, 0.29) is 74.0 Å². The van der Waals surface area contributed by atoms with Crippen LogP contribution in [0.3, 0.4) is 0 Å². The number of phenols is 1. The molecule has 6 aromatic carbocycles. The zero-order valence-corrected chi connectivity index (χ0v) is 42.6. The molecule has 6 N–H and O–H groups in total. The number of benzene rings is 6. The number of nitrogens with zero attached hydrogens (tertiary/aromatic N) is 5. The maximum absolute atomic E-state index is 14.8. The van der Waals surface area contributed by atoms with Crippen LogP contribution in [0.1, 0.15) is 62.4 Å². The normalized spacial score (nSPS) is 15.6. The molecule has 1 aromatic heterocycles. The van der Waals surface area contributed by atoms with E-state index in [4.69, 9.17) is 19.5 Å². The predicted octanol–water partition coefficient (Wildman–Crippen LogP) is 9.67. The van der Waals surface area contributed by atoms with Crippen molar-refractivity contribution in [2.45, 2.75) is 67.0 Å². The van der Waals surface area contributed by atoms with Crippen LogP contribution in [0.5, 0.6) is 23.0 Å². The molecule has 0 radical (unpaired) electrons. The highest BCUT2D eigenvalue weighted by atomic mass is 32.2. The van der Waals surface area contributed by atoms with E-state index in [1.165, 1.54) is 43.9 Å². The number of aromatic nitrogens is 2. The van der Waals surface area contributed by atoms with Gasteiger partial charge in [-0.25, -0.2) is 19.9 Å². The number of amides is 5. The number of phenolic OH excluding ortho intramolecular Hbond substituents is 1. The summed E-state index contributed by atoms with van der Waals surface area (Å²) >= 11 is 0.368. The Balaban J connectivity index is 0.942. The number of aromatic amines is 1. The van der Waals surface area contributed by atoms with Gasteiger partial charge in [-0.3, -0.25) is 28.6 Å². The van der Waals surface area contributed by atoms with E-state index in [1.807, 2.05) is 24.3 Å². The van der Waals surface area contributed by atoms with Crippen LogP contribution in [0.2, 0.25) is 0 Å². The topological polar surface area (TPSA) is 310 Å². The van der Waals surface area contributed by atoms with Crippen molar-refractivity contribution >= 4 is 90.3 Å². The van der Waals surface area contributed by atoms with Gasteiger partial charge in [0.05, 0.1) is 56.3 Å². The Kier molecular flexibility index (Phi) is 16.2. The molecule has 398 valence electrons. The van der Waals surface area contributed by atoms with Crippen molar-refractivity contribution in [3.05, 3.63) is 137 Å². The highest BCUT2D eigenvalue weighted by Gasteiger charge is 2.52. The summed E-state index contributed by atoms with van der Waals surface area (Å²) in [6.45, 7) is 0.715. The maximum atomic E-state index is 14.8. The Labute approximate surface area is 442 Å². The van der Waals surface area contributed by atoms with Crippen LogP contribution < -0.4 is 25.7 Å². The number of rotatable bonds is 19. The molecule has 2 fully saturated rings. The third-order valence-electron chi connectivity index (χ3n) is 12.7. The summed E-state index contributed by atoms with van der Waals surface area (Å²) in [6.07, 6.45) is 3.92. The lowest BCUT2D eigenvalue weighted by atomic mass is 9.84. The first-order chi connectivity index (χ1) is 37.1. The number of fused-ring (bicyclic) bond motifs is 2. The first-order valence-corrected chi connectivity index (χ1v) is 26.0. The minimum Gasteiger partial charge on any atom is -0.505 e. The number of para-hydroxylation sites is 4. The van der Waals surface area contributed by atoms with Gasteiger partial charge >= 0.3 is 6.03 Å². The molecule has 1 saturated carbocycles. The van der Waals surface area contributed by atoms with E-state index in [0.717, 1.165) is 55.2 Å². The number of nitrogens with one attached hydrogen (secondary N) is 3. The molecule has 9 rings (SSSR count). The van der Waals surface area contributed by atoms with Gasteiger partial charge in [0, 0.05) is 19.4 Å². The molecular weight excluding hydrogens is 1040 g/mol. The molecule has 7 aromatic rings. The summed E-state index contributed by atoms with van der Waals surface area (Å²) < 4.78 is 56.4. The van der Waals surface area contributed by atoms with E-state index in [1.54, 1.807) is 48.5 Å². The van der Waals surface area contributed by atoms with Crippen LogP contribution in [-0.2, 0) is 38.6 Å². The molecule has 2 aliphatic rings. The number of azo groups is 1. The van der Waals surface area contributed by atoms with Gasteiger partial charge in [0.1, 0.15) is 29.6 Å². The number of methoxy groups -OCH3 is 1. The predicted molar refractivity (Wildman–Crippen MR) is 279 cm³/mol. The molecule has 0 spiro atoms.